The molecule has 2 nitrogen and oxygen atoms in total. The van der Waals surface area contributed by atoms with Gasteiger partial charge < -0.3 is 10.1 Å². The summed E-state index contributed by atoms with van der Waals surface area (Å²) in [5.41, 5.74) is 2.91. The van der Waals surface area contributed by atoms with Gasteiger partial charge in [-0.2, -0.15) is 0 Å². The summed E-state index contributed by atoms with van der Waals surface area (Å²) < 4.78 is 21.0. The lowest BCUT2D eigenvalue weighted by Gasteiger charge is -2.15. The molecule has 0 saturated carbocycles. The first-order valence-electron chi connectivity index (χ1n) is 6.51. The van der Waals surface area contributed by atoms with E-state index in [-0.39, 0.29) is 5.82 Å². The minimum absolute atomic E-state index is 0.272. The van der Waals surface area contributed by atoms with Crippen molar-refractivity contribution in [3.8, 4) is 5.75 Å². The van der Waals surface area contributed by atoms with E-state index in [1.807, 2.05) is 32.2 Å². The Morgan fingerprint density at radius 3 is 2.48 bits per heavy atom. The molecule has 5 heteroatoms. The van der Waals surface area contributed by atoms with E-state index in [0.717, 1.165) is 26.9 Å². The molecule has 0 aliphatic heterocycles. The van der Waals surface area contributed by atoms with E-state index in [0.29, 0.717) is 17.6 Å². The van der Waals surface area contributed by atoms with E-state index in [1.54, 1.807) is 0 Å². The Bertz CT molecular complexity index is 626. The van der Waals surface area contributed by atoms with Crippen LogP contribution in [0, 0.1) is 12.7 Å². The van der Waals surface area contributed by atoms with Gasteiger partial charge in [0.15, 0.2) is 0 Å². The molecule has 0 heterocycles. The maximum atomic E-state index is 13.4. The molecule has 0 atom stereocenters. The highest BCUT2D eigenvalue weighted by Gasteiger charge is 2.09. The first-order chi connectivity index (χ1) is 9.99. The van der Waals surface area contributed by atoms with Gasteiger partial charge in [0.2, 0.25) is 0 Å². The van der Waals surface area contributed by atoms with Crippen LogP contribution in [0.3, 0.4) is 0 Å². The van der Waals surface area contributed by atoms with Gasteiger partial charge in [0.1, 0.15) is 18.2 Å². The monoisotopic (exact) mass is 415 g/mol. The molecular weight excluding hydrogens is 401 g/mol. The van der Waals surface area contributed by atoms with Crippen LogP contribution in [0.15, 0.2) is 39.3 Å². The van der Waals surface area contributed by atoms with Gasteiger partial charge in [-0.05, 0) is 55.4 Å². The molecule has 0 radical (unpaired) electrons. The highest BCUT2D eigenvalue weighted by Crippen LogP contribution is 2.29. The summed E-state index contributed by atoms with van der Waals surface area (Å²) in [6.45, 7) is 3.04. The second-order valence-corrected chi connectivity index (χ2v) is 6.64. The van der Waals surface area contributed by atoms with Crippen LogP contribution in [-0.2, 0) is 13.2 Å². The Kier molecular flexibility index (Phi) is 5.79. The van der Waals surface area contributed by atoms with Crippen LogP contribution in [0.2, 0.25) is 0 Å². The summed E-state index contributed by atoms with van der Waals surface area (Å²) in [4.78, 5) is 0. The smallest absolute Gasteiger partial charge is 0.127 e. The zero-order chi connectivity index (χ0) is 15.4. The van der Waals surface area contributed by atoms with Crippen molar-refractivity contribution in [2.75, 3.05) is 7.05 Å². The van der Waals surface area contributed by atoms with Crippen LogP contribution in [0.1, 0.15) is 16.7 Å². The summed E-state index contributed by atoms with van der Waals surface area (Å²) >= 11 is 6.78. The van der Waals surface area contributed by atoms with Crippen molar-refractivity contribution < 1.29 is 9.13 Å². The molecule has 2 rings (SSSR count). The summed E-state index contributed by atoms with van der Waals surface area (Å²) in [5.74, 6) is 0.568. The second-order valence-electron chi connectivity index (χ2n) is 4.81. The lowest BCUT2D eigenvalue weighted by Crippen LogP contribution is -2.09. The molecule has 0 fully saturated rings. The number of rotatable bonds is 5. The maximum absolute atomic E-state index is 13.4. The van der Waals surface area contributed by atoms with Crippen molar-refractivity contribution in [3.63, 3.8) is 0 Å². The first-order valence-corrected chi connectivity index (χ1v) is 8.09. The number of halogens is 3. The first kappa shape index (κ1) is 16.5. The van der Waals surface area contributed by atoms with Crippen molar-refractivity contribution in [1.82, 2.24) is 5.32 Å². The van der Waals surface area contributed by atoms with E-state index >= 15 is 0 Å². The Hall–Kier alpha value is -0.910. The van der Waals surface area contributed by atoms with Gasteiger partial charge >= 0.3 is 0 Å². The van der Waals surface area contributed by atoms with Crippen LogP contribution in [-0.4, -0.2) is 7.05 Å². The number of benzene rings is 2. The van der Waals surface area contributed by atoms with Crippen LogP contribution in [0.4, 0.5) is 4.39 Å². The summed E-state index contributed by atoms with van der Waals surface area (Å²) in [6.07, 6.45) is 0. The van der Waals surface area contributed by atoms with Gasteiger partial charge in [0.05, 0.1) is 0 Å². The molecule has 1 N–H and O–H groups in total. The standard InChI is InChI=1S/C16H16Br2FNO/c1-10-3-13(17)6-12(8-20-2)16(10)21-9-11-4-14(18)7-15(19)5-11/h3-7,20H,8-9H2,1-2H3. The summed E-state index contributed by atoms with van der Waals surface area (Å²) in [6, 6.07) is 8.81. The van der Waals surface area contributed by atoms with Gasteiger partial charge in [0, 0.05) is 21.1 Å². The lowest BCUT2D eigenvalue weighted by molar-refractivity contribution is 0.299. The molecule has 0 unspecified atom stereocenters. The van der Waals surface area contributed by atoms with E-state index in [1.165, 1.54) is 12.1 Å². The molecule has 21 heavy (non-hydrogen) atoms. The van der Waals surface area contributed by atoms with Gasteiger partial charge in [-0.3, -0.25) is 0 Å². The fourth-order valence-corrected chi connectivity index (χ4v) is 3.31. The van der Waals surface area contributed by atoms with Crippen LogP contribution >= 0.6 is 31.9 Å². The quantitative estimate of drug-likeness (QED) is 0.743. The molecule has 0 aliphatic carbocycles. The third kappa shape index (κ3) is 4.53. The highest BCUT2D eigenvalue weighted by molar-refractivity contribution is 9.10. The molecule has 0 spiro atoms. The van der Waals surface area contributed by atoms with Crippen molar-refractivity contribution in [3.05, 3.63) is 61.8 Å². The van der Waals surface area contributed by atoms with Crippen LogP contribution < -0.4 is 10.1 Å². The Balaban J connectivity index is 2.22. The van der Waals surface area contributed by atoms with Crippen LogP contribution in [0.25, 0.3) is 0 Å². The van der Waals surface area contributed by atoms with Crippen molar-refractivity contribution >= 4 is 31.9 Å². The molecular formula is C16H16Br2FNO. The number of hydrogen-bond acceptors (Lipinski definition) is 2. The summed E-state index contributed by atoms with van der Waals surface area (Å²) in [5, 5.41) is 3.13. The van der Waals surface area contributed by atoms with Crippen molar-refractivity contribution in [2.45, 2.75) is 20.1 Å². The normalized spacial score (nSPS) is 10.7. The predicted molar refractivity (Wildman–Crippen MR) is 90.1 cm³/mol. The summed E-state index contributed by atoms with van der Waals surface area (Å²) in [7, 11) is 1.89. The van der Waals surface area contributed by atoms with E-state index in [9.17, 15) is 4.39 Å². The number of nitrogens with one attached hydrogen (secondary N) is 1. The molecule has 0 aromatic heterocycles. The molecule has 0 bridgehead atoms. The predicted octanol–water partition coefficient (Wildman–Crippen LogP) is 4.96. The SMILES string of the molecule is CNCc1cc(Br)cc(C)c1OCc1cc(F)cc(Br)c1. The number of hydrogen-bond donors (Lipinski definition) is 1. The Labute approximate surface area is 141 Å². The fourth-order valence-electron chi connectivity index (χ4n) is 2.18. The van der Waals surface area contributed by atoms with Gasteiger partial charge in [-0.15, -0.1) is 0 Å². The molecule has 2 aromatic rings. The molecule has 112 valence electrons. The minimum atomic E-state index is -0.272. The van der Waals surface area contributed by atoms with Crippen molar-refractivity contribution in [1.29, 1.82) is 0 Å². The molecule has 0 saturated heterocycles. The minimum Gasteiger partial charge on any atom is -0.488 e. The maximum Gasteiger partial charge on any atom is 0.127 e. The second kappa shape index (κ2) is 7.38. The molecule has 0 aliphatic rings. The number of ether oxygens (including phenoxy) is 1. The number of aryl methyl sites for hydroxylation is 1. The third-order valence-corrected chi connectivity index (χ3v) is 3.90. The third-order valence-electron chi connectivity index (χ3n) is 2.99. The highest BCUT2D eigenvalue weighted by atomic mass is 79.9. The molecule has 0 amide bonds. The fraction of sp³-hybridized carbons (Fsp3) is 0.250. The van der Waals surface area contributed by atoms with Gasteiger partial charge in [-0.25, -0.2) is 4.39 Å². The average Bonchev–Trinajstić information content (AvgIpc) is 2.36. The van der Waals surface area contributed by atoms with E-state index in [2.05, 4.69) is 37.2 Å². The Morgan fingerprint density at radius 2 is 1.81 bits per heavy atom. The van der Waals surface area contributed by atoms with Gasteiger partial charge in [0.25, 0.3) is 0 Å². The zero-order valence-corrected chi connectivity index (χ0v) is 15.0. The topological polar surface area (TPSA) is 21.3 Å². The largest absolute Gasteiger partial charge is 0.488 e. The zero-order valence-electron chi connectivity index (χ0n) is 11.8. The average molecular weight is 417 g/mol. The lowest BCUT2D eigenvalue weighted by atomic mass is 10.1. The van der Waals surface area contributed by atoms with Crippen molar-refractivity contribution in [2.24, 2.45) is 0 Å². The van der Waals surface area contributed by atoms with Gasteiger partial charge in [-0.1, -0.05) is 31.9 Å². The van der Waals surface area contributed by atoms with Crippen LogP contribution in [0.5, 0.6) is 5.75 Å². The molecule has 2 aromatic carbocycles. The Morgan fingerprint density at radius 1 is 1.10 bits per heavy atom. The van der Waals surface area contributed by atoms with E-state index in [4.69, 9.17) is 4.74 Å². The van der Waals surface area contributed by atoms with E-state index < -0.39 is 0 Å².